The van der Waals surface area contributed by atoms with Gasteiger partial charge in [-0.05, 0) is 42.0 Å². The first-order chi connectivity index (χ1) is 11.0. The maximum Gasteiger partial charge on any atom is 0.269 e. The molecule has 0 heterocycles. The highest BCUT2D eigenvalue weighted by molar-refractivity contribution is 6.42. The van der Waals surface area contributed by atoms with Crippen LogP contribution in [0.2, 0.25) is 15.1 Å². The second kappa shape index (κ2) is 8.02. The summed E-state index contributed by atoms with van der Waals surface area (Å²) >= 11 is 17.4. The number of halogens is 3. The van der Waals surface area contributed by atoms with Gasteiger partial charge in [0.15, 0.2) is 0 Å². The van der Waals surface area contributed by atoms with Gasteiger partial charge in [0.2, 0.25) is 0 Å². The minimum absolute atomic E-state index is 0.258. The molecule has 0 saturated carbocycles. The number of nitrogens with one attached hydrogen (secondary N) is 2. The quantitative estimate of drug-likeness (QED) is 0.631. The van der Waals surface area contributed by atoms with E-state index < -0.39 is 11.8 Å². The Hall–Kier alpha value is -2.01. The van der Waals surface area contributed by atoms with Crippen LogP contribution in [0.25, 0.3) is 6.08 Å². The number of carbonyl (C=O) groups excluding carboxylic acids is 2. The molecule has 0 aliphatic carbocycles. The maximum atomic E-state index is 11.9. The van der Waals surface area contributed by atoms with Gasteiger partial charge in [0.25, 0.3) is 11.8 Å². The Balaban J connectivity index is 1.89. The zero-order chi connectivity index (χ0) is 16.8. The molecule has 2 N–H and O–H groups in total. The Morgan fingerprint density at radius 3 is 2.22 bits per heavy atom. The highest BCUT2D eigenvalue weighted by Gasteiger charge is 2.08. The lowest BCUT2D eigenvalue weighted by Gasteiger charge is -2.06. The van der Waals surface area contributed by atoms with Crippen molar-refractivity contribution in [1.29, 1.82) is 0 Å². The summed E-state index contributed by atoms with van der Waals surface area (Å²) in [4.78, 5) is 23.5. The molecule has 4 nitrogen and oxygen atoms in total. The first-order valence-corrected chi connectivity index (χ1v) is 7.58. The molecule has 2 amide bonds. The summed E-state index contributed by atoms with van der Waals surface area (Å²) in [5.41, 5.74) is 5.63. The number of carbonyl (C=O) groups is 2. The summed E-state index contributed by atoms with van der Waals surface area (Å²) in [6.45, 7) is 0. The number of hydrogen-bond acceptors (Lipinski definition) is 2. The largest absolute Gasteiger partial charge is 0.269 e. The average Bonchev–Trinajstić information content (AvgIpc) is 2.54. The third-order valence-electron chi connectivity index (χ3n) is 2.78. The lowest BCUT2D eigenvalue weighted by atomic mass is 10.2. The Bertz CT molecular complexity index is 758. The van der Waals surface area contributed by atoms with Crippen molar-refractivity contribution in [2.45, 2.75) is 0 Å². The molecule has 0 aromatic heterocycles. The van der Waals surface area contributed by atoms with E-state index in [0.717, 1.165) is 5.56 Å². The van der Waals surface area contributed by atoms with Crippen LogP contribution in [0.1, 0.15) is 15.9 Å². The number of amides is 2. The van der Waals surface area contributed by atoms with E-state index in [9.17, 15) is 9.59 Å². The monoisotopic (exact) mass is 368 g/mol. The van der Waals surface area contributed by atoms with Gasteiger partial charge in [-0.25, -0.2) is 0 Å². The van der Waals surface area contributed by atoms with Crippen molar-refractivity contribution in [1.82, 2.24) is 10.9 Å². The van der Waals surface area contributed by atoms with Gasteiger partial charge in [-0.2, -0.15) is 0 Å². The van der Waals surface area contributed by atoms with Crippen molar-refractivity contribution in [3.05, 3.63) is 74.7 Å². The molecule has 118 valence electrons. The molecule has 0 saturated heterocycles. The zero-order valence-electron chi connectivity index (χ0n) is 11.6. The van der Waals surface area contributed by atoms with Crippen LogP contribution in [-0.2, 0) is 4.79 Å². The van der Waals surface area contributed by atoms with Crippen LogP contribution < -0.4 is 10.9 Å². The summed E-state index contributed by atoms with van der Waals surface area (Å²) in [6.07, 6.45) is 2.88. The predicted molar refractivity (Wildman–Crippen MR) is 92.6 cm³/mol. The molecule has 0 aliphatic heterocycles. The predicted octanol–water partition coefficient (Wildman–Crippen LogP) is 4.12. The molecule has 2 aromatic rings. The lowest BCUT2D eigenvalue weighted by molar-refractivity contribution is -0.117. The fraction of sp³-hybridized carbons (Fsp3) is 0. The molecule has 0 radical (unpaired) electrons. The van der Waals surface area contributed by atoms with Crippen LogP contribution in [0.15, 0.2) is 48.5 Å². The standard InChI is InChI=1S/C16H11Cl3N2O2/c17-12-5-1-10(2-6-12)3-8-15(22)20-21-16(23)11-4-7-13(18)14(19)9-11/h1-9H,(H,20,22)(H,21,23). The lowest BCUT2D eigenvalue weighted by Crippen LogP contribution is -2.40. The molecule has 0 atom stereocenters. The normalized spacial score (nSPS) is 10.6. The SMILES string of the molecule is O=C(C=Cc1ccc(Cl)cc1)NNC(=O)c1ccc(Cl)c(Cl)c1. The van der Waals surface area contributed by atoms with Crippen molar-refractivity contribution in [3.63, 3.8) is 0 Å². The second-order valence-corrected chi connectivity index (χ2v) is 5.71. The van der Waals surface area contributed by atoms with Gasteiger partial charge in [-0.1, -0.05) is 46.9 Å². The number of rotatable bonds is 3. The smallest absolute Gasteiger partial charge is 0.268 e. The van der Waals surface area contributed by atoms with Crippen LogP contribution in [0.3, 0.4) is 0 Å². The zero-order valence-corrected chi connectivity index (χ0v) is 13.9. The molecular formula is C16H11Cl3N2O2. The average molecular weight is 370 g/mol. The minimum Gasteiger partial charge on any atom is -0.268 e. The highest BCUT2D eigenvalue weighted by Crippen LogP contribution is 2.22. The van der Waals surface area contributed by atoms with Crippen molar-refractivity contribution in [2.75, 3.05) is 0 Å². The fourth-order valence-corrected chi connectivity index (χ4v) is 2.04. The summed E-state index contributed by atoms with van der Waals surface area (Å²) in [5.74, 6) is -0.981. The van der Waals surface area contributed by atoms with Gasteiger partial charge in [0, 0.05) is 16.7 Å². The Morgan fingerprint density at radius 2 is 1.57 bits per heavy atom. The van der Waals surface area contributed by atoms with Gasteiger partial charge in [-0.15, -0.1) is 0 Å². The van der Waals surface area contributed by atoms with E-state index in [-0.39, 0.29) is 10.6 Å². The first kappa shape index (κ1) is 17.3. The third kappa shape index (κ3) is 5.28. The molecular weight excluding hydrogens is 359 g/mol. The Labute approximate surface area is 148 Å². The summed E-state index contributed by atoms with van der Waals surface area (Å²) < 4.78 is 0. The summed E-state index contributed by atoms with van der Waals surface area (Å²) in [5, 5.41) is 1.21. The number of hydrogen-bond donors (Lipinski definition) is 2. The highest BCUT2D eigenvalue weighted by atomic mass is 35.5. The topological polar surface area (TPSA) is 58.2 Å². The molecule has 0 unspecified atom stereocenters. The number of benzene rings is 2. The van der Waals surface area contributed by atoms with E-state index in [4.69, 9.17) is 34.8 Å². The maximum absolute atomic E-state index is 11.9. The number of hydrazine groups is 1. The summed E-state index contributed by atoms with van der Waals surface area (Å²) in [6, 6.07) is 11.4. The van der Waals surface area contributed by atoms with E-state index in [0.29, 0.717) is 10.0 Å². The first-order valence-electron chi connectivity index (χ1n) is 6.45. The van der Waals surface area contributed by atoms with Crippen molar-refractivity contribution in [2.24, 2.45) is 0 Å². The van der Waals surface area contributed by atoms with Crippen LogP contribution in [0.4, 0.5) is 0 Å². The van der Waals surface area contributed by atoms with E-state index >= 15 is 0 Å². The van der Waals surface area contributed by atoms with Gasteiger partial charge >= 0.3 is 0 Å². The van der Waals surface area contributed by atoms with E-state index in [1.165, 1.54) is 24.3 Å². The molecule has 2 rings (SSSR count). The van der Waals surface area contributed by atoms with Crippen molar-refractivity contribution >= 4 is 52.7 Å². The Morgan fingerprint density at radius 1 is 0.870 bits per heavy atom. The molecule has 0 aliphatic rings. The second-order valence-electron chi connectivity index (χ2n) is 4.46. The molecule has 0 bridgehead atoms. The van der Waals surface area contributed by atoms with Crippen molar-refractivity contribution < 1.29 is 9.59 Å². The van der Waals surface area contributed by atoms with E-state index in [2.05, 4.69) is 10.9 Å². The minimum atomic E-state index is -0.503. The molecule has 0 fully saturated rings. The molecule has 0 spiro atoms. The third-order valence-corrected chi connectivity index (χ3v) is 3.77. The molecule has 23 heavy (non-hydrogen) atoms. The van der Waals surface area contributed by atoms with Crippen LogP contribution >= 0.6 is 34.8 Å². The van der Waals surface area contributed by atoms with Gasteiger partial charge in [-0.3, -0.25) is 20.4 Å². The molecule has 7 heteroatoms. The Kier molecular flexibility index (Phi) is 6.04. The van der Waals surface area contributed by atoms with E-state index in [1.54, 1.807) is 30.3 Å². The van der Waals surface area contributed by atoms with Crippen LogP contribution in [-0.4, -0.2) is 11.8 Å². The van der Waals surface area contributed by atoms with Gasteiger partial charge < -0.3 is 0 Å². The van der Waals surface area contributed by atoms with Gasteiger partial charge in [0.1, 0.15) is 0 Å². The fourth-order valence-electron chi connectivity index (χ4n) is 1.62. The van der Waals surface area contributed by atoms with Crippen molar-refractivity contribution in [3.8, 4) is 0 Å². The summed E-state index contributed by atoms with van der Waals surface area (Å²) in [7, 11) is 0. The molecule has 2 aromatic carbocycles. The van der Waals surface area contributed by atoms with E-state index in [1.807, 2.05) is 0 Å². The van der Waals surface area contributed by atoms with Gasteiger partial charge in [0.05, 0.1) is 10.0 Å². The van der Waals surface area contributed by atoms with Crippen LogP contribution in [0.5, 0.6) is 0 Å². The van der Waals surface area contributed by atoms with Crippen LogP contribution in [0, 0.1) is 0 Å².